The molecule has 1 aliphatic rings. The van der Waals surface area contributed by atoms with Crippen molar-refractivity contribution in [3.05, 3.63) is 29.3 Å². The van der Waals surface area contributed by atoms with Crippen molar-refractivity contribution in [3.8, 4) is 5.75 Å². The number of carbonyl (C=O) groups excluding carboxylic acids is 1. The molecule has 1 aromatic rings. The van der Waals surface area contributed by atoms with E-state index in [-0.39, 0.29) is 19.1 Å². The number of nitrogens with one attached hydrogen (secondary N) is 1. The number of hydrogen-bond acceptors (Lipinski definition) is 4. The second-order valence-electron chi connectivity index (χ2n) is 4.42. The van der Waals surface area contributed by atoms with Gasteiger partial charge in [0.05, 0.1) is 12.7 Å². The highest BCUT2D eigenvalue weighted by Crippen LogP contribution is 2.27. The molecule has 0 bridgehead atoms. The number of aliphatic hydroxyl groups excluding tert-OH is 1. The van der Waals surface area contributed by atoms with Crippen molar-refractivity contribution < 1.29 is 19.4 Å². The van der Waals surface area contributed by atoms with Crippen molar-refractivity contribution in [1.29, 1.82) is 0 Å². The van der Waals surface area contributed by atoms with Gasteiger partial charge in [-0.2, -0.15) is 0 Å². The molecular formula is C14H19NO4. The van der Waals surface area contributed by atoms with Gasteiger partial charge in [-0.3, -0.25) is 4.79 Å². The van der Waals surface area contributed by atoms with Crippen LogP contribution in [0.5, 0.6) is 5.75 Å². The van der Waals surface area contributed by atoms with Gasteiger partial charge in [0.1, 0.15) is 12.4 Å². The number of ether oxygens (including phenoxy) is 2. The second kappa shape index (κ2) is 6.54. The fourth-order valence-corrected chi connectivity index (χ4v) is 1.99. The molecule has 1 aliphatic heterocycles. The van der Waals surface area contributed by atoms with Crippen LogP contribution in [0.3, 0.4) is 0 Å². The standard InChI is InChI=1S/C14H19NO4/c1-2-18-9-14(17)15-8-12(16)10-3-4-13-11(7-10)5-6-19-13/h3-4,7,12,16H,2,5-6,8-9H2,1H3,(H,15,17)/t12-/m1/s1. The van der Waals surface area contributed by atoms with E-state index in [4.69, 9.17) is 9.47 Å². The van der Waals surface area contributed by atoms with E-state index in [0.717, 1.165) is 23.3 Å². The van der Waals surface area contributed by atoms with Crippen molar-refractivity contribution in [3.63, 3.8) is 0 Å². The van der Waals surface area contributed by atoms with Crippen LogP contribution in [0.25, 0.3) is 0 Å². The van der Waals surface area contributed by atoms with Gasteiger partial charge in [-0.1, -0.05) is 6.07 Å². The summed E-state index contributed by atoms with van der Waals surface area (Å²) in [5.41, 5.74) is 1.90. The third-order valence-corrected chi connectivity index (χ3v) is 3.03. The third-order valence-electron chi connectivity index (χ3n) is 3.03. The number of hydrogen-bond donors (Lipinski definition) is 2. The van der Waals surface area contributed by atoms with Gasteiger partial charge in [-0.05, 0) is 30.2 Å². The average Bonchev–Trinajstić information content (AvgIpc) is 2.89. The molecule has 0 aromatic heterocycles. The monoisotopic (exact) mass is 265 g/mol. The Morgan fingerprint density at radius 2 is 2.42 bits per heavy atom. The van der Waals surface area contributed by atoms with Crippen LogP contribution in [0.2, 0.25) is 0 Å². The minimum Gasteiger partial charge on any atom is -0.493 e. The van der Waals surface area contributed by atoms with E-state index in [9.17, 15) is 9.90 Å². The second-order valence-corrected chi connectivity index (χ2v) is 4.42. The zero-order valence-electron chi connectivity index (χ0n) is 11.0. The van der Waals surface area contributed by atoms with Crippen LogP contribution >= 0.6 is 0 Å². The molecule has 0 saturated carbocycles. The quantitative estimate of drug-likeness (QED) is 0.798. The Morgan fingerprint density at radius 3 is 3.21 bits per heavy atom. The molecule has 1 amide bonds. The van der Waals surface area contributed by atoms with Gasteiger partial charge in [0, 0.05) is 19.6 Å². The highest BCUT2D eigenvalue weighted by Gasteiger charge is 2.15. The lowest BCUT2D eigenvalue weighted by Crippen LogP contribution is -2.31. The van der Waals surface area contributed by atoms with Gasteiger partial charge in [0.25, 0.3) is 0 Å². The first kappa shape index (κ1) is 13.8. The van der Waals surface area contributed by atoms with Crippen LogP contribution < -0.4 is 10.1 Å². The SMILES string of the molecule is CCOCC(=O)NC[C@@H](O)c1ccc2c(c1)CCO2. The summed E-state index contributed by atoms with van der Waals surface area (Å²) in [5.74, 6) is 0.668. The molecule has 1 aromatic carbocycles. The first-order valence-electron chi connectivity index (χ1n) is 6.49. The molecule has 0 spiro atoms. The number of carbonyl (C=O) groups is 1. The largest absolute Gasteiger partial charge is 0.493 e. The maximum atomic E-state index is 11.4. The van der Waals surface area contributed by atoms with Gasteiger partial charge in [-0.15, -0.1) is 0 Å². The maximum absolute atomic E-state index is 11.4. The molecule has 5 nitrogen and oxygen atoms in total. The van der Waals surface area contributed by atoms with E-state index in [0.29, 0.717) is 13.2 Å². The number of benzene rings is 1. The van der Waals surface area contributed by atoms with Crippen LogP contribution in [-0.2, 0) is 16.0 Å². The van der Waals surface area contributed by atoms with Crippen LogP contribution in [0.15, 0.2) is 18.2 Å². The number of aliphatic hydroxyl groups is 1. The van der Waals surface area contributed by atoms with Gasteiger partial charge in [-0.25, -0.2) is 0 Å². The van der Waals surface area contributed by atoms with Crippen LogP contribution in [0.1, 0.15) is 24.2 Å². The molecule has 0 unspecified atom stereocenters. The zero-order valence-corrected chi connectivity index (χ0v) is 11.0. The van der Waals surface area contributed by atoms with E-state index < -0.39 is 6.10 Å². The molecule has 0 aliphatic carbocycles. The van der Waals surface area contributed by atoms with Gasteiger partial charge >= 0.3 is 0 Å². The smallest absolute Gasteiger partial charge is 0.246 e. The lowest BCUT2D eigenvalue weighted by molar-refractivity contribution is -0.126. The molecule has 0 fully saturated rings. The Bertz CT molecular complexity index is 447. The topological polar surface area (TPSA) is 67.8 Å². The van der Waals surface area contributed by atoms with Crippen molar-refractivity contribution in [1.82, 2.24) is 5.32 Å². The van der Waals surface area contributed by atoms with Crippen molar-refractivity contribution >= 4 is 5.91 Å². The summed E-state index contributed by atoms with van der Waals surface area (Å²) in [4.78, 5) is 11.4. The van der Waals surface area contributed by atoms with Crippen LogP contribution in [0.4, 0.5) is 0 Å². The van der Waals surface area contributed by atoms with E-state index >= 15 is 0 Å². The summed E-state index contributed by atoms with van der Waals surface area (Å²) in [5, 5.41) is 12.7. The third kappa shape index (κ3) is 3.68. The van der Waals surface area contributed by atoms with Gasteiger partial charge in [0.2, 0.25) is 5.91 Å². The minimum atomic E-state index is -0.712. The molecule has 5 heteroatoms. The van der Waals surface area contributed by atoms with Crippen LogP contribution in [0, 0.1) is 0 Å². The highest BCUT2D eigenvalue weighted by molar-refractivity contribution is 5.77. The predicted molar refractivity (Wildman–Crippen MR) is 70.1 cm³/mol. The summed E-state index contributed by atoms with van der Waals surface area (Å²) in [6, 6.07) is 5.62. The fraction of sp³-hybridized carbons (Fsp3) is 0.500. The molecule has 1 atom stereocenters. The summed E-state index contributed by atoms with van der Waals surface area (Å²) in [7, 11) is 0. The Kier molecular flexibility index (Phi) is 4.76. The van der Waals surface area contributed by atoms with E-state index in [2.05, 4.69) is 5.32 Å². The van der Waals surface area contributed by atoms with Crippen molar-refractivity contribution in [2.45, 2.75) is 19.4 Å². The fourth-order valence-electron chi connectivity index (χ4n) is 1.99. The molecule has 2 rings (SSSR count). The molecule has 2 N–H and O–H groups in total. The number of fused-ring (bicyclic) bond motifs is 1. The maximum Gasteiger partial charge on any atom is 0.246 e. The van der Waals surface area contributed by atoms with Gasteiger partial charge in [0.15, 0.2) is 0 Å². The summed E-state index contributed by atoms with van der Waals surface area (Å²) in [6.07, 6.45) is 0.156. The highest BCUT2D eigenvalue weighted by atomic mass is 16.5. The first-order valence-corrected chi connectivity index (χ1v) is 6.49. The predicted octanol–water partition coefficient (Wildman–Crippen LogP) is 0.808. The molecular weight excluding hydrogens is 246 g/mol. The first-order chi connectivity index (χ1) is 9.20. The molecule has 19 heavy (non-hydrogen) atoms. The van der Waals surface area contributed by atoms with E-state index in [1.165, 1.54) is 0 Å². The summed E-state index contributed by atoms with van der Waals surface area (Å²) < 4.78 is 10.4. The number of rotatable bonds is 6. The number of amides is 1. The average molecular weight is 265 g/mol. The Balaban J connectivity index is 1.86. The Hall–Kier alpha value is -1.59. The summed E-state index contributed by atoms with van der Waals surface area (Å²) in [6.45, 7) is 3.24. The lowest BCUT2D eigenvalue weighted by atomic mass is 10.0. The molecule has 0 saturated heterocycles. The zero-order chi connectivity index (χ0) is 13.7. The van der Waals surface area contributed by atoms with Crippen molar-refractivity contribution in [2.24, 2.45) is 0 Å². The summed E-state index contributed by atoms with van der Waals surface area (Å²) >= 11 is 0. The molecule has 104 valence electrons. The molecule has 0 radical (unpaired) electrons. The van der Waals surface area contributed by atoms with E-state index in [1.807, 2.05) is 25.1 Å². The minimum absolute atomic E-state index is 0.0290. The normalized spacial score (nSPS) is 14.6. The van der Waals surface area contributed by atoms with Gasteiger partial charge < -0.3 is 19.9 Å². The Labute approximate surface area is 112 Å². The Morgan fingerprint density at radius 1 is 1.58 bits per heavy atom. The molecule has 1 heterocycles. The van der Waals surface area contributed by atoms with E-state index in [1.54, 1.807) is 0 Å². The lowest BCUT2D eigenvalue weighted by Gasteiger charge is -2.13. The van der Waals surface area contributed by atoms with Crippen molar-refractivity contribution in [2.75, 3.05) is 26.4 Å². The van der Waals surface area contributed by atoms with Crippen LogP contribution in [-0.4, -0.2) is 37.4 Å².